The number of benzene rings is 1. The van der Waals surface area contributed by atoms with Crippen molar-refractivity contribution < 1.29 is 9.59 Å². The third kappa shape index (κ3) is 3.61. The second-order valence-corrected chi connectivity index (χ2v) is 4.48. The molecular formula is C13H20N4O2. The van der Waals surface area contributed by atoms with Gasteiger partial charge >= 0.3 is 0 Å². The van der Waals surface area contributed by atoms with Crippen LogP contribution >= 0.6 is 0 Å². The quantitative estimate of drug-likeness (QED) is 0.692. The highest BCUT2D eigenvalue weighted by Crippen LogP contribution is 2.21. The van der Waals surface area contributed by atoms with Crippen LogP contribution in [0.1, 0.15) is 17.3 Å². The number of amides is 2. The Hall–Kier alpha value is -2.24. The van der Waals surface area contributed by atoms with E-state index < -0.39 is 6.04 Å². The van der Waals surface area contributed by atoms with Gasteiger partial charge in [0, 0.05) is 26.7 Å². The molecule has 6 nitrogen and oxygen atoms in total. The molecule has 6 heteroatoms. The van der Waals surface area contributed by atoms with Crippen molar-refractivity contribution in [2.75, 3.05) is 32.2 Å². The van der Waals surface area contributed by atoms with Crippen molar-refractivity contribution in [3.8, 4) is 0 Å². The standard InChI is InChI=1S/C13H20N4O2/c1-8(12(18)15-2)16-11-7-9(5-6-10(11)14)13(19)17(3)4/h5-8,16H,14H2,1-4H3,(H,15,18). The lowest BCUT2D eigenvalue weighted by Crippen LogP contribution is -2.35. The monoisotopic (exact) mass is 264 g/mol. The van der Waals surface area contributed by atoms with Crippen LogP contribution in [-0.4, -0.2) is 43.9 Å². The summed E-state index contributed by atoms with van der Waals surface area (Å²) in [5, 5.41) is 5.53. The fraction of sp³-hybridized carbons (Fsp3) is 0.385. The minimum Gasteiger partial charge on any atom is -0.397 e. The summed E-state index contributed by atoms with van der Waals surface area (Å²) in [5.74, 6) is -0.264. The van der Waals surface area contributed by atoms with Crippen molar-refractivity contribution in [3.63, 3.8) is 0 Å². The highest BCUT2D eigenvalue weighted by Gasteiger charge is 2.14. The first-order valence-corrected chi connectivity index (χ1v) is 5.96. The SMILES string of the molecule is CNC(=O)C(C)Nc1cc(C(=O)N(C)C)ccc1N. The highest BCUT2D eigenvalue weighted by atomic mass is 16.2. The molecule has 1 aromatic rings. The lowest BCUT2D eigenvalue weighted by atomic mass is 10.1. The van der Waals surface area contributed by atoms with Crippen molar-refractivity contribution in [1.29, 1.82) is 0 Å². The number of nitrogens with two attached hydrogens (primary N) is 1. The smallest absolute Gasteiger partial charge is 0.253 e. The zero-order valence-corrected chi connectivity index (χ0v) is 11.7. The Kier molecular flexibility index (Phi) is 4.74. The number of likely N-dealkylation sites (N-methyl/N-ethyl adjacent to an activating group) is 1. The van der Waals surface area contributed by atoms with Crippen molar-refractivity contribution in [1.82, 2.24) is 10.2 Å². The van der Waals surface area contributed by atoms with E-state index in [0.717, 1.165) is 0 Å². The summed E-state index contributed by atoms with van der Waals surface area (Å²) in [6.07, 6.45) is 0. The lowest BCUT2D eigenvalue weighted by molar-refractivity contribution is -0.121. The van der Waals surface area contributed by atoms with Gasteiger partial charge in [-0.25, -0.2) is 0 Å². The van der Waals surface area contributed by atoms with Crippen LogP contribution in [-0.2, 0) is 4.79 Å². The van der Waals surface area contributed by atoms with Crippen molar-refractivity contribution in [3.05, 3.63) is 23.8 Å². The first-order valence-electron chi connectivity index (χ1n) is 5.96. The second kappa shape index (κ2) is 6.08. The Balaban J connectivity index is 2.98. The average Bonchev–Trinajstić information content (AvgIpc) is 2.39. The highest BCUT2D eigenvalue weighted by molar-refractivity contribution is 5.96. The molecule has 0 bridgehead atoms. The summed E-state index contributed by atoms with van der Waals surface area (Å²) in [4.78, 5) is 24.8. The van der Waals surface area contributed by atoms with Gasteiger partial charge < -0.3 is 21.3 Å². The molecule has 0 aliphatic carbocycles. The molecule has 0 saturated carbocycles. The maximum Gasteiger partial charge on any atom is 0.253 e. The molecule has 1 rings (SSSR count). The van der Waals surface area contributed by atoms with E-state index in [1.165, 1.54) is 4.90 Å². The molecule has 19 heavy (non-hydrogen) atoms. The van der Waals surface area contributed by atoms with Gasteiger partial charge in [0.05, 0.1) is 11.4 Å². The molecule has 1 unspecified atom stereocenters. The van der Waals surface area contributed by atoms with E-state index in [0.29, 0.717) is 16.9 Å². The topological polar surface area (TPSA) is 87.5 Å². The summed E-state index contributed by atoms with van der Waals surface area (Å²) < 4.78 is 0. The van der Waals surface area contributed by atoms with E-state index in [1.54, 1.807) is 46.3 Å². The molecule has 0 fully saturated rings. The van der Waals surface area contributed by atoms with Crippen LogP contribution in [0.25, 0.3) is 0 Å². The molecule has 0 heterocycles. The van der Waals surface area contributed by atoms with Gasteiger partial charge in [0.15, 0.2) is 0 Å². The Bertz CT molecular complexity index is 486. The number of nitrogens with one attached hydrogen (secondary N) is 2. The third-order valence-electron chi connectivity index (χ3n) is 2.72. The van der Waals surface area contributed by atoms with Gasteiger partial charge in [-0.1, -0.05) is 0 Å². The van der Waals surface area contributed by atoms with Crippen LogP contribution in [0.2, 0.25) is 0 Å². The number of nitrogen functional groups attached to an aromatic ring is 1. The predicted molar refractivity (Wildman–Crippen MR) is 76.0 cm³/mol. The molecular weight excluding hydrogens is 244 g/mol. The zero-order chi connectivity index (χ0) is 14.6. The van der Waals surface area contributed by atoms with E-state index in [9.17, 15) is 9.59 Å². The van der Waals surface area contributed by atoms with Crippen molar-refractivity contribution >= 4 is 23.2 Å². The number of hydrogen-bond donors (Lipinski definition) is 3. The van der Waals surface area contributed by atoms with Gasteiger partial charge in [0.1, 0.15) is 6.04 Å². The van der Waals surface area contributed by atoms with E-state index in [-0.39, 0.29) is 11.8 Å². The van der Waals surface area contributed by atoms with Gasteiger partial charge in [-0.3, -0.25) is 9.59 Å². The zero-order valence-electron chi connectivity index (χ0n) is 11.7. The van der Waals surface area contributed by atoms with Gasteiger partial charge in [-0.2, -0.15) is 0 Å². The first kappa shape index (κ1) is 14.8. The van der Waals surface area contributed by atoms with E-state index in [2.05, 4.69) is 10.6 Å². The number of carbonyl (C=O) groups excluding carboxylic acids is 2. The van der Waals surface area contributed by atoms with E-state index >= 15 is 0 Å². The maximum atomic E-state index is 11.9. The molecule has 1 atom stereocenters. The molecule has 1 aromatic carbocycles. The number of rotatable bonds is 4. The molecule has 0 aliphatic rings. The van der Waals surface area contributed by atoms with Crippen LogP contribution < -0.4 is 16.4 Å². The Morgan fingerprint density at radius 1 is 1.32 bits per heavy atom. The summed E-state index contributed by atoms with van der Waals surface area (Å²) in [5.41, 5.74) is 7.42. The molecule has 0 radical (unpaired) electrons. The van der Waals surface area contributed by atoms with E-state index in [4.69, 9.17) is 5.73 Å². The first-order chi connectivity index (χ1) is 8.86. The number of carbonyl (C=O) groups is 2. The van der Waals surface area contributed by atoms with Crippen molar-refractivity contribution in [2.45, 2.75) is 13.0 Å². The maximum absolute atomic E-state index is 11.9. The second-order valence-electron chi connectivity index (χ2n) is 4.48. The summed E-state index contributed by atoms with van der Waals surface area (Å²) >= 11 is 0. The van der Waals surface area contributed by atoms with Gasteiger partial charge in [-0.05, 0) is 25.1 Å². The average molecular weight is 264 g/mol. The largest absolute Gasteiger partial charge is 0.397 e. The fourth-order valence-electron chi connectivity index (χ4n) is 1.59. The predicted octanol–water partition coefficient (Wildman–Crippen LogP) is 0.517. The summed E-state index contributed by atoms with van der Waals surface area (Å²) in [7, 11) is 4.92. The molecule has 0 aliphatic heterocycles. The van der Waals surface area contributed by atoms with E-state index in [1.807, 2.05) is 0 Å². The number of hydrogen-bond acceptors (Lipinski definition) is 4. The lowest BCUT2D eigenvalue weighted by Gasteiger charge is -2.17. The summed E-state index contributed by atoms with van der Waals surface area (Å²) in [6, 6.07) is 4.53. The number of anilines is 2. The van der Waals surface area contributed by atoms with Crippen LogP contribution in [0, 0.1) is 0 Å². The molecule has 0 saturated heterocycles. The molecule has 2 amide bonds. The third-order valence-corrected chi connectivity index (χ3v) is 2.72. The van der Waals surface area contributed by atoms with Crippen LogP contribution in [0.4, 0.5) is 11.4 Å². The van der Waals surface area contributed by atoms with Gasteiger partial charge in [-0.15, -0.1) is 0 Å². The molecule has 0 spiro atoms. The minimum atomic E-state index is -0.433. The number of nitrogens with zero attached hydrogens (tertiary/aromatic N) is 1. The minimum absolute atomic E-state index is 0.115. The van der Waals surface area contributed by atoms with Crippen molar-refractivity contribution in [2.24, 2.45) is 0 Å². The van der Waals surface area contributed by atoms with Gasteiger partial charge in [0.25, 0.3) is 5.91 Å². The van der Waals surface area contributed by atoms with Crippen LogP contribution in [0.15, 0.2) is 18.2 Å². The van der Waals surface area contributed by atoms with Crippen LogP contribution in [0.3, 0.4) is 0 Å². The van der Waals surface area contributed by atoms with Gasteiger partial charge in [0.2, 0.25) is 5.91 Å². The normalized spacial score (nSPS) is 11.6. The van der Waals surface area contributed by atoms with Crippen LogP contribution in [0.5, 0.6) is 0 Å². The summed E-state index contributed by atoms with van der Waals surface area (Å²) in [6.45, 7) is 1.72. The molecule has 4 N–H and O–H groups in total. The Morgan fingerprint density at radius 2 is 1.95 bits per heavy atom. The fourth-order valence-corrected chi connectivity index (χ4v) is 1.59. The molecule has 104 valence electrons. The Labute approximate surface area is 113 Å². The molecule has 0 aromatic heterocycles. The Morgan fingerprint density at radius 3 is 2.47 bits per heavy atom.